The van der Waals surface area contributed by atoms with E-state index in [0.29, 0.717) is 43.8 Å². The Morgan fingerprint density at radius 1 is 1.20 bits per heavy atom. The van der Waals surface area contributed by atoms with Crippen molar-refractivity contribution in [2.24, 2.45) is 0 Å². The number of nitrogens with one attached hydrogen (secondary N) is 1. The zero-order valence-corrected chi connectivity index (χ0v) is 15.1. The van der Waals surface area contributed by atoms with Crippen LogP contribution in [0.5, 0.6) is 0 Å². The highest BCUT2D eigenvalue weighted by Crippen LogP contribution is 2.23. The van der Waals surface area contributed by atoms with Crippen LogP contribution in [0.4, 0.5) is 4.79 Å². The largest absolute Gasteiger partial charge is 0.453 e. The summed E-state index contributed by atoms with van der Waals surface area (Å²) < 4.78 is 4.72. The number of carbonyl (C=O) groups excluding carboxylic acids is 3. The number of methoxy groups -OCH3 is 1. The molecule has 2 aliphatic heterocycles. The minimum atomic E-state index is -0.395. The monoisotopic (exact) mass is 365 g/mol. The average molecular weight is 365 g/mol. The molecule has 2 fully saturated rings. The van der Waals surface area contributed by atoms with Gasteiger partial charge < -0.3 is 19.9 Å². The Bertz CT molecular complexity index is 626. The van der Waals surface area contributed by atoms with Crippen LogP contribution in [-0.2, 0) is 9.53 Å². The maximum absolute atomic E-state index is 12.7. The van der Waals surface area contributed by atoms with Crippen molar-refractivity contribution in [2.75, 3.05) is 26.7 Å². The number of ether oxygens (including phenoxy) is 1. The molecule has 25 heavy (non-hydrogen) atoms. The van der Waals surface area contributed by atoms with Gasteiger partial charge in [-0.1, -0.05) is 6.07 Å². The standard InChI is InChI=1S/C17H23N3O4S/c1-24-17(23)19-9-6-12(7-10-19)18-15(21)13-4-2-8-20(13)16(22)14-5-3-11-25-14/h3,5,11-13H,2,4,6-10H2,1H3,(H,18,21)/t13-/m0/s1. The third-order valence-electron chi connectivity index (χ3n) is 4.82. The lowest BCUT2D eigenvalue weighted by atomic mass is 10.0. The van der Waals surface area contributed by atoms with Gasteiger partial charge in [-0.3, -0.25) is 9.59 Å². The molecular weight excluding hydrogens is 342 g/mol. The summed E-state index contributed by atoms with van der Waals surface area (Å²) in [5.74, 6) is -0.146. The number of likely N-dealkylation sites (tertiary alicyclic amines) is 2. The maximum atomic E-state index is 12.7. The van der Waals surface area contributed by atoms with E-state index in [1.54, 1.807) is 15.9 Å². The van der Waals surface area contributed by atoms with Crippen molar-refractivity contribution in [3.8, 4) is 0 Å². The highest BCUT2D eigenvalue weighted by atomic mass is 32.1. The van der Waals surface area contributed by atoms with E-state index in [-0.39, 0.29) is 23.9 Å². The van der Waals surface area contributed by atoms with Crippen LogP contribution in [0.2, 0.25) is 0 Å². The highest BCUT2D eigenvalue weighted by Gasteiger charge is 2.36. The molecule has 1 aromatic heterocycles. The number of hydrogen-bond acceptors (Lipinski definition) is 5. The first-order valence-corrected chi connectivity index (χ1v) is 9.46. The second-order valence-electron chi connectivity index (χ2n) is 6.37. The number of hydrogen-bond donors (Lipinski definition) is 1. The summed E-state index contributed by atoms with van der Waals surface area (Å²) in [6, 6.07) is 3.28. The van der Waals surface area contributed by atoms with Gasteiger partial charge >= 0.3 is 6.09 Å². The lowest BCUT2D eigenvalue weighted by Crippen LogP contribution is -2.52. The quantitative estimate of drug-likeness (QED) is 0.884. The molecule has 2 saturated heterocycles. The van der Waals surface area contributed by atoms with Gasteiger partial charge in [0, 0.05) is 25.7 Å². The summed E-state index contributed by atoms with van der Waals surface area (Å²) in [6.07, 6.45) is 2.62. The second-order valence-corrected chi connectivity index (χ2v) is 7.32. The van der Waals surface area contributed by atoms with Gasteiger partial charge in [0.2, 0.25) is 5.91 Å². The van der Waals surface area contributed by atoms with E-state index in [0.717, 1.165) is 6.42 Å². The van der Waals surface area contributed by atoms with Crippen molar-refractivity contribution in [3.05, 3.63) is 22.4 Å². The molecule has 0 aliphatic carbocycles. The Kier molecular flexibility index (Phi) is 5.57. The van der Waals surface area contributed by atoms with E-state index >= 15 is 0 Å². The molecule has 1 N–H and O–H groups in total. The molecule has 8 heteroatoms. The van der Waals surface area contributed by atoms with Gasteiger partial charge in [0.05, 0.1) is 12.0 Å². The Balaban J connectivity index is 1.54. The van der Waals surface area contributed by atoms with Crippen molar-refractivity contribution in [1.82, 2.24) is 15.1 Å². The Labute approximate surface area is 150 Å². The first-order valence-electron chi connectivity index (χ1n) is 8.58. The first-order chi connectivity index (χ1) is 12.1. The van der Waals surface area contributed by atoms with Crippen molar-refractivity contribution < 1.29 is 19.1 Å². The Hall–Kier alpha value is -2.09. The predicted molar refractivity (Wildman–Crippen MR) is 93.5 cm³/mol. The molecular formula is C17H23N3O4S. The SMILES string of the molecule is COC(=O)N1CCC(NC(=O)[C@@H]2CCCN2C(=O)c2cccs2)CC1. The van der Waals surface area contributed by atoms with E-state index in [1.807, 2.05) is 11.4 Å². The van der Waals surface area contributed by atoms with Crippen LogP contribution >= 0.6 is 11.3 Å². The number of thiophene rings is 1. The summed E-state index contributed by atoms with van der Waals surface area (Å²) in [6.45, 7) is 1.76. The average Bonchev–Trinajstić information content (AvgIpc) is 3.32. The van der Waals surface area contributed by atoms with Crippen LogP contribution in [0.25, 0.3) is 0 Å². The number of rotatable bonds is 3. The van der Waals surface area contributed by atoms with Gasteiger partial charge in [-0.15, -0.1) is 11.3 Å². The van der Waals surface area contributed by atoms with E-state index in [4.69, 9.17) is 4.74 Å². The molecule has 3 heterocycles. The molecule has 0 aromatic carbocycles. The predicted octanol–water partition coefficient (Wildman–Crippen LogP) is 1.70. The molecule has 0 unspecified atom stereocenters. The zero-order chi connectivity index (χ0) is 17.8. The van der Waals surface area contributed by atoms with E-state index < -0.39 is 6.04 Å². The minimum Gasteiger partial charge on any atom is -0.453 e. The summed E-state index contributed by atoms with van der Waals surface area (Å²) >= 11 is 1.40. The van der Waals surface area contributed by atoms with Crippen LogP contribution in [0.15, 0.2) is 17.5 Å². The minimum absolute atomic E-state index is 0.0349. The normalized spacial score (nSPS) is 21.2. The summed E-state index contributed by atoms with van der Waals surface area (Å²) in [5, 5.41) is 4.93. The van der Waals surface area contributed by atoms with Crippen molar-refractivity contribution in [1.29, 1.82) is 0 Å². The number of piperidine rings is 1. The molecule has 136 valence electrons. The lowest BCUT2D eigenvalue weighted by Gasteiger charge is -2.32. The fraction of sp³-hybridized carbons (Fsp3) is 0.588. The second kappa shape index (κ2) is 7.86. The van der Waals surface area contributed by atoms with Crippen LogP contribution in [-0.4, -0.2) is 66.5 Å². The fourth-order valence-electron chi connectivity index (χ4n) is 3.46. The topological polar surface area (TPSA) is 79.0 Å². The van der Waals surface area contributed by atoms with Crippen LogP contribution in [0.3, 0.4) is 0 Å². The molecule has 2 aliphatic rings. The molecule has 3 amide bonds. The van der Waals surface area contributed by atoms with Crippen molar-refractivity contribution >= 4 is 29.2 Å². The summed E-state index contributed by atoms with van der Waals surface area (Å²) in [5.41, 5.74) is 0. The molecule has 0 saturated carbocycles. The van der Waals surface area contributed by atoms with Crippen LogP contribution in [0.1, 0.15) is 35.4 Å². The number of amides is 3. The highest BCUT2D eigenvalue weighted by molar-refractivity contribution is 7.12. The van der Waals surface area contributed by atoms with Gasteiger partial charge in [-0.05, 0) is 37.1 Å². The number of carbonyl (C=O) groups is 3. The third kappa shape index (κ3) is 3.95. The first kappa shape index (κ1) is 17.7. The maximum Gasteiger partial charge on any atom is 0.409 e. The van der Waals surface area contributed by atoms with E-state index in [9.17, 15) is 14.4 Å². The molecule has 0 spiro atoms. The van der Waals surface area contributed by atoms with Gasteiger partial charge in [0.25, 0.3) is 5.91 Å². The Morgan fingerprint density at radius 3 is 2.60 bits per heavy atom. The van der Waals surface area contributed by atoms with E-state index in [2.05, 4.69) is 5.32 Å². The van der Waals surface area contributed by atoms with Gasteiger partial charge in [0.1, 0.15) is 6.04 Å². The summed E-state index contributed by atoms with van der Waals surface area (Å²) in [4.78, 5) is 40.7. The Morgan fingerprint density at radius 2 is 1.96 bits per heavy atom. The van der Waals surface area contributed by atoms with Gasteiger partial charge in [-0.25, -0.2) is 4.79 Å². The lowest BCUT2D eigenvalue weighted by molar-refractivity contribution is -0.125. The molecule has 0 bridgehead atoms. The van der Waals surface area contributed by atoms with Gasteiger partial charge in [-0.2, -0.15) is 0 Å². The molecule has 7 nitrogen and oxygen atoms in total. The van der Waals surface area contributed by atoms with E-state index in [1.165, 1.54) is 18.4 Å². The molecule has 1 atom stereocenters. The third-order valence-corrected chi connectivity index (χ3v) is 5.68. The smallest absolute Gasteiger partial charge is 0.409 e. The van der Waals surface area contributed by atoms with Crippen LogP contribution in [0, 0.1) is 0 Å². The van der Waals surface area contributed by atoms with Crippen molar-refractivity contribution in [3.63, 3.8) is 0 Å². The molecule has 0 radical (unpaired) electrons. The summed E-state index contributed by atoms with van der Waals surface area (Å²) in [7, 11) is 1.37. The zero-order valence-electron chi connectivity index (χ0n) is 14.3. The molecule has 1 aromatic rings. The van der Waals surface area contributed by atoms with Crippen LogP contribution < -0.4 is 5.32 Å². The van der Waals surface area contributed by atoms with Crippen molar-refractivity contribution in [2.45, 2.75) is 37.8 Å². The number of nitrogens with zero attached hydrogens (tertiary/aromatic N) is 2. The fourth-order valence-corrected chi connectivity index (χ4v) is 4.14. The molecule has 3 rings (SSSR count). The van der Waals surface area contributed by atoms with Gasteiger partial charge in [0.15, 0.2) is 0 Å².